The smallest absolute Gasteiger partial charge is 0.324 e. The highest BCUT2D eigenvalue weighted by Gasteiger charge is 2.50. The maximum atomic E-state index is 11.7. The maximum Gasteiger partial charge on any atom is 0.324 e. The van der Waals surface area contributed by atoms with Crippen molar-refractivity contribution in [3.63, 3.8) is 0 Å². The molecule has 0 aromatic carbocycles. The van der Waals surface area contributed by atoms with E-state index in [0.29, 0.717) is 0 Å². The average Bonchev–Trinajstić information content (AvgIpc) is 2.68. The summed E-state index contributed by atoms with van der Waals surface area (Å²) in [6, 6.07) is 0. The Morgan fingerprint density at radius 1 is 1.12 bits per heavy atom. The van der Waals surface area contributed by atoms with Gasteiger partial charge < -0.3 is 5.11 Å². The first-order valence-electron chi connectivity index (χ1n) is 6.45. The van der Waals surface area contributed by atoms with Crippen molar-refractivity contribution >= 4 is 5.97 Å². The van der Waals surface area contributed by atoms with Crippen LogP contribution in [0.15, 0.2) is 0 Å². The SMILES string of the molecule is CC1(C)CCCC(C(=O)O)(N2CCCC2)C1. The Morgan fingerprint density at radius 2 is 1.75 bits per heavy atom. The summed E-state index contributed by atoms with van der Waals surface area (Å²) < 4.78 is 0. The lowest BCUT2D eigenvalue weighted by atomic mass is 9.67. The highest BCUT2D eigenvalue weighted by Crippen LogP contribution is 2.45. The van der Waals surface area contributed by atoms with Crippen LogP contribution in [0.1, 0.15) is 52.4 Å². The summed E-state index contributed by atoms with van der Waals surface area (Å²) >= 11 is 0. The van der Waals surface area contributed by atoms with Gasteiger partial charge in [-0.3, -0.25) is 9.69 Å². The van der Waals surface area contributed by atoms with E-state index < -0.39 is 11.5 Å². The quantitative estimate of drug-likeness (QED) is 0.785. The van der Waals surface area contributed by atoms with Crippen molar-refractivity contribution in [2.45, 2.75) is 57.9 Å². The molecular formula is C13H23NO2. The number of carboxylic acids is 1. The number of carboxylic acid groups (broad SMARTS) is 1. The van der Waals surface area contributed by atoms with Gasteiger partial charge in [0.2, 0.25) is 0 Å². The molecule has 0 aromatic heterocycles. The van der Waals surface area contributed by atoms with Crippen LogP contribution in [0.3, 0.4) is 0 Å². The molecule has 0 amide bonds. The number of aliphatic carboxylic acids is 1. The molecule has 16 heavy (non-hydrogen) atoms. The van der Waals surface area contributed by atoms with Crippen molar-refractivity contribution in [2.75, 3.05) is 13.1 Å². The highest BCUT2D eigenvalue weighted by atomic mass is 16.4. The van der Waals surface area contributed by atoms with Gasteiger partial charge in [0.25, 0.3) is 0 Å². The van der Waals surface area contributed by atoms with E-state index in [1.54, 1.807) is 0 Å². The van der Waals surface area contributed by atoms with Crippen LogP contribution in [0.25, 0.3) is 0 Å². The Bertz CT molecular complexity index is 282. The second kappa shape index (κ2) is 4.02. The zero-order chi connectivity index (χ0) is 11.8. The van der Waals surface area contributed by atoms with Crippen molar-refractivity contribution in [3.05, 3.63) is 0 Å². The Kier molecular flexibility index (Phi) is 2.99. The van der Waals surface area contributed by atoms with E-state index in [0.717, 1.165) is 51.6 Å². The second-order valence-electron chi connectivity index (χ2n) is 6.23. The molecule has 1 aliphatic heterocycles. The van der Waals surface area contributed by atoms with Gasteiger partial charge in [0.1, 0.15) is 5.54 Å². The summed E-state index contributed by atoms with van der Waals surface area (Å²) in [7, 11) is 0. The first-order chi connectivity index (χ1) is 7.46. The fraction of sp³-hybridized carbons (Fsp3) is 0.923. The fourth-order valence-electron chi connectivity index (χ4n) is 3.56. The molecule has 0 spiro atoms. The third-order valence-electron chi connectivity index (χ3n) is 4.32. The number of likely N-dealkylation sites (tertiary alicyclic amines) is 1. The van der Waals surface area contributed by atoms with Crippen molar-refractivity contribution in [1.82, 2.24) is 4.90 Å². The van der Waals surface area contributed by atoms with Gasteiger partial charge in [-0.15, -0.1) is 0 Å². The second-order valence-corrected chi connectivity index (χ2v) is 6.23. The summed E-state index contributed by atoms with van der Waals surface area (Å²) in [6.07, 6.45) is 6.19. The summed E-state index contributed by atoms with van der Waals surface area (Å²) in [5.74, 6) is -0.595. The molecule has 2 aliphatic rings. The molecule has 92 valence electrons. The molecule has 1 aliphatic carbocycles. The Morgan fingerprint density at radius 3 is 2.25 bits per heavy atom. The van der Waals surface area contributed by atoms with Gasteiger partial charge in [-0.1, -0.05) is 20.3 Å². The highest BCUT2D eigenvalue weighted by molar-refractivity contribution is 5.79. The zero-order valence-electron chi connectivity index (χ0n) is 10.5. The molecule has 0 bridgehead atoms. The molecule has 3 nitrogen and oxygen atoms in total. The van der Waals surface area contributed by atoms with Crippen LogP contribution in [0, 0.1) is 5.41 Å². The molecule has 1 atom stereocenters. The Hall–Kier alpha value is -0.570. The van der Waals surface area contributed by atoms with E-state index in [-0.39, 0.29) is 5.41 Å². The van der Waals surface area contributed by atoms with Gasteiger partial charge in [0.15, 0.2) is 0 Å². The number of hydrogen-bond acceptors (Lipinski definition) is 2. The van der Waals surface area contributed by atoms with E-state index >= 15 is 0 Å². The number of carbonyl (C=O) groups is 1. The minimum absolute atomic E-state index is 0.180. The van der Waals surface area contributed by atoms with Crippen molar-refractivity contribution in [3.8, 4) is 0 Å². The van der Waals surface area contributed by atoms with E-state index in [2.05, 4.69) is 18.7 Å². The molecular weight excluding hydrogens is 202 g/mol. The first-order valence-corrected chi connectivity index (χ1v) is 6.45. The number of hydrogen-bond donors (Lipinski definition) is 1. The monoisotopic (exact) mass is 225 g/mol. The van der Waals surface area contributed by atoms with Crippen LogP contribution in [0.4, 0.5) is 0 Å². The minimum Gasteiger partial charge on any atom is -0.480 e. The number of rotatable bonds is 2. The lowest BCUT2D eigenvalue weighted by molar-refractivity contribution is -0.156. The summed E-state index contributed by atoms with van der Waals surface area (Å²) in [4.78, 5) is 13.9. The summed E-state index contributed by atoms with van der Waals surface area (Å²) in [6.45, 7) is 6.37. The molecule has 2 fully saturated rings. The van der Waals surface area contributed by atoms with Gasteiger partial charge in [-0.25, -0.2) is 0 Å². The van der Waals surface area contributed by atoms with E-state index in [9.17, 15) is 9.90 Å². The van der Waals surface area contributed by atoms with Gasteiger partial charge in [0, 0.05) is 0 Å². The molecule has 1 saturated carbocycles. The van der Waals surface area contributed by atoms with E-state index in [1.165, 1.54) is 0 Å². The predicted octanol–water partition coefficient (Wildman–Crippen LogP) is 2.51. The number of nitrogens with zero attached hydrogens (tertiary/aromatic N) is 1. The van der Waals surface area contributed by atoms with Crippen molar-refractivity contribution in [2.24, 2.45) is 5.41 Å². The zero-order valence-corrected chi connectivity index (χ0v) is 10.5. The predicted molar refractivity (Wildman–Crippen MR) is 63.4 cm³/mol. The molecule has 1 unspecified atom stereocenters. The summed E-state index contributed by atoms with van der Waals surface area (Å²) in [5, 5.41) is 9.64. The van der Waals surface area contributed by atoms with Crippen LogP contribution in [-0.4, -0.2) is 34.6 Å². The van der Waals surface area contributed by atoms with Crippen LogP contribution >= 0.6 is 0 Å². The third-order valence-corrected chi connectivity index (χ3v) is 4.32. The lowest BCUT2D eigenvalue weighted by Gasteiger charge is -2.47. The topological polar surface area (TPSA) is 40.5 Å². The molecule has 0 radical (unpaired) electrons. The first kappa shape index (κ1) is 11.9. The van der Waals surface area contributed by atoms with Gasteiger partial charge >= 0.3 is 5.97 Å². The molecule has 1 saturated heterocycles. The van der Waals surface area contributed by atoms with Crippen LogP contribution < -0.4 is 0 Å². The molecule has 0 aromatic rings. The normalized spacial score (nSPS) is 35.1. The molecule has 1 heterocycles. The molecule has 3 heteroatoms. The van der Waals surface area contributed by atoms with Crippen LogP contribution in [0.2, 0.25) is 0 Å². The fourth-order valence-corrected chi connectivity index (χ4v) is 3.56. The average molecular weight is 225 g/mol. The minimum atomic E-state index is -0.595. The van der Waals surface area contributed by atoms with Crippen molar-refractivity contribution in [1.29, 1.82) is 0 Å². The standard InChI is InChI=1S/C13H23NO2/c1-12(2)6-5-7-13(10-12,11(15)16)14-8-3-4-9-14/h3-10H2,1-2H3,(H,15,16). The van der Waals surface area contributed by atoms with Gasteiger partial charge in [-0.05, 0) is 50.6 Å². The molecule has 2 rings (SSSR count). The van der Waals surface area contributed by atoms with Gasteiger partial charge in [-0.2, -0.15) is 0 Å². The van der Waals surface area contributed by atoms with Crippen LogP contribution in [-0.2, 0) is 4.79 Å². The molecule has 1 N–H and O–H groups in total. The Labute approximate surface area is 97.8 Å². The Balaban J connectivity index is 2.24. The largest absolute Gasteiger partial charge is 0.480 e. The third kappa shape index (κ3) is 1.97. The van der Waals surface area contributed by atoms with Crippen molar-refractivity contribution < 1.29 is 9.90 Å². The van der Waals surface area contributed by atoms with E-state index in [4.69, 9.17) is 0 Å². The van der Waals surface area contributed by atoms with Gasteiger partial charge in [0.05, 0.1) is 0 Å². The lowest BCUT2D eigenvalue weighted by Crippen LogP contribution is -2.57. The maximum absolute atomic E-state index is 11.7. The summed E-state index contributed by atoms with van der Waals surface area (Å²) in [5.41, 5.74) is -0.377. The van der Waals surface area contributed by atoms with E-state index in [1.807, 2.05) is 0 Å². The van der Waals surface area contributed by atoms with Crippen LogP contribution in [0.5, 0.6) is 0 Å².